The van der Waals surface area contributed by atoms with Crippen molar-refractivity contribution in [3.63, 3.8) is 0 Å². The summed E-state index contributed by atoms with van der Waals surface area (Å²) in [6, 6.07) is 5.39. The zero-order chi connectivity index (χ0) is 24.2. The number of amides is 3. The Kier molecular flexibility index (Phi) is 6.98. The van der Waals surface area contributed by atoms with E-state index in [2.05, 4.69) is 25.8 Å². The largest absolute Gasteiger partial charge is 0.448 e. The molecule has 5 rings (SSSR count). The van der Waals surface area contributed by atoms with Gasteiger partial charge in [-0.05, 0) is 43.9 Å². The van der Waals surface area contributed by atoms with Crippen molar-refractivity contribution in [2.75, 3.05) is 56.0 Å². The molecule has 10 nitrogen and oxygen atoms in total. The minimum absolute atomic E-state index is 0.191. The highest BCUT2D eigenvalue weighted by molar-refractivity contribution is 6.06. The molecule has 0 spiro atoms. The molecule has 2 saturated heterocycles. The SMILES string of the molecule is O=C(NCCCN1CCCC1=O)c1ccc(N2CCNCC2)c(NC(=O)c2coc(C3CC3)n2)c1. The molecule has 35 heavy (non-hydrogen) atoms. The van der Waals surface area contributed by atoms with Gasteiger partial charge >= 0.3 is 0 Å². The van der Waals surface area contributed by atoms with Gasteiger partial charge in [0.2, 0.25) is 5.91 Å². The van der Waals surface area contributed by atoms with E-state index in [1.54, 1.807) is 12.1 Å². The lowest BCUT2D eigenvalue weighted by atomic mass is 10.1. The maximum absolute atomic E-state index is 13.0. The zero-order valence-corrected chi connectivity index (χ0v) is 19.8. The van der Waals surface area contributed by atoms with Crippen molar-refractivity contribution in [2.45, 2.75) is 38.0 Å². The van der Waals surface area contributed by atoms with Crippen LogP contribution in [0.4, 0.5) is 11.4 Å². The van der Waals surface area contributed by atoms with Gasteiger partial charge in [-0.15, -0.1) is 0 Å². The molecule has 3 amide bonds. The fourth-order valence-corrected chi connectivity index (χ4v) is 4.57. The Morgan fingerprint density at radius 2 is 1.97 bits per heavy atom. The van der Waals surface area contributed by atoms with Gasteiger partial charge in [0.25, 0.3) is 11.8 Å². The van der Waals surface area contributed by atoms with Gasteiger partial charge in [0, 0.05) is 63.7 Å². The second kappa shape index (κ2) is 10.5. The van der Waals surface area contributed by atoms with E-state index in [1.807, 2.05) is 11.0 Å². The first-order valence-electron chi connectivity index (χ1n) is 12.5. The molecule has 3 aliphatic rings. The number of carbonyl (C=O) groups is 3. The fraction of sp³-hybridized carbons (Fsp3) is 0.520. The van der Waals surface area contributed by atoms with Crippen molar-refractivity contribution in [2.24, 2.45) is 0 Å². The first kappa shape index (κ1) is 23.3. The summed E-state index contributed by atoms with van der Waals surface area (Å²) in [6.45, 7) is 5.25. The number of anilines is 2. The smallest absolute Gasteiger partial charge is 0.277 e. The Morgan fingerprint density at radius 1 is 1.14 bits per heavy atom. The Labute approximate surface area is 204 Å². The van der Waals surface area contributed by atoms with Crippen LogP contribution in [-0.4, -0.2) is 73.4 Å². The minimum Gasteiger partial charge on any atom is -0.448 e. The third-order valence-corrected chi connectivity index (χ3v) is 6.71. The molecule has 2 aromatic rings. The van der Waals surface area contributed by atoms with Crippen LogP contribution in [0, 0.1) is 0 Å². The predicted octanol–water partition coefficient (Wildman–Crippen LogP) is 1.96. The summed E-state index contributed by atoms with van der Waals surface area (Å²) in [6.07, 6.45) is 5.72. The van der Waals surface area contributed by atoms with Crippen molar-refractivity contribution < 1.29 is 18.8 Å². The van der Waals surface area contributed by atoms with Crippen LogP contribution in [0.3, 0.4) is 0 Å². The van der Waals surface area contributed by atoms with Crippen molar-refractivity contribution in [3.05, 3.63) is 41.6 Å². The van der Waals surface area contributed by atoms with Gasteiger partial charge in [0.05, 0.1) is 11.4 Å². The van der Waals surface area contributed by atoms with Crippen LogP contribution < -0.4 is 20.9 Å². The molecule has 1 aliphatic carbocycles. The summed E-state index contributed by atoms with van der Waals surface area (Å²) >= 11 is 0. The lowest BCUT2D eigenvalue weighted by Gasteiger charge is -2.31. The number of oxazole rings is 1. The van der Waals surface area contributed by atoms with Crippen LogP contribution in [0.2, 0.25) is 0 Å². The molecule has 3 heterocycles. The van der Waals surface area contributed by atoms with Crippen LogP contribution in [0.1, 0.15) is 64.8 Å². The number of hydrogen-bond donors (Lipinski definition) is 3. The molecule has 1 aromatic carbocycles. The van der Waals surface area contributed by atoms with E-state index >= 15 is 0 Å². The second-order valence-electron chi connectivity index (χ2n) is 9.36. The molecular formula is C25H32N6O4. The molecule has 2 aliphatic heterocycles. The number of likely N-dealkylation sites (tertiary alicyclic amines) is 1. The summed E-state index contributed by atoms with van der Waals surface area (Å²) in [4.78, 5) is 45.9. The topological polar surface area (TPSA) is 120 Å². The number of benzene rings is 1. The highest BCUT2D eigenvalue weighted by Crippen LogP contribution is 2.39. The van der Waals surface area contributed by atoms with E-state index in [-0.39, 0.29) is 23.4 Å². The summed E-state index contributed by atoms with van der Waals surface area (Å²) in [5.74, 6) is 0.559. The van der Waals surface area contributed by atoms with Gasteiger partial charge in [0.1, 0.15) is 6.26 Å². The van der Waals surface area contributed by atoms with E-state index < -0.39 is 0 Å². The van der Waals surface area contributed by atoms with Crippen LogP contribution >= 0.6 is 0 Å². The Bertz CT molecular complexity index is 1090. The molecule has 1 saturated carbocycles. The van der Waals surface area contributed by atoms with Crippen molar-refractivity contribution in [1.29, 1.82) is 0 Å². The average Bonchev–Trinajstić information content (AvgIpc) is 3.46. The first-order valence-corrected chi connectivity index (χ1v) is 12.5. The van der Waals surface area contributed by atoms with Gasteiger partial charge in [-0.2, -0.15) is 0 Å². The molecular weight excluding hydrogens is 448 g/mol. The van der Waals surface area contributed by atoms with E-state index in [9.17, 15) is 14.4 Å². The lowest BCUT2D eigenvalue weighted by molar-refractivity contribution is -0.127. The van der Waals surface area contributed by atoms with Gasteiger partial charge in [-0.25, -0.2) is 4.98 Å². The van der Waals surface area contributed by atoms with Gasteiger partial charge in [-0.1, -0.05) is 0 Å². The minimum atomic E-state index is -0.357. The van der Waals surface area contributed by atoms with Gasteiger partial charge in [-0.3, -0.25) is 14.4 Å². The average molecular weight is 481 g/mol. The summed E-state index contributed by atoms with van der Waals surface area (Å²) in [7, 11) is 0. The van der Waals surface area contributed by atoms with Crippen LogP contribution in [0.5, 0.6) is 0 Å². The predicted molar refractivity (Wildman–Crippen MR) is 131 cm³/mol. The monoisotopic (exact) mass is 480 g/mol. The maximum Gasteiger partial charge on any atom is 0.277 e. The molecule has 1 aromatic heterocycles. The van der Waals surface area contributed by atoms with Crippen molar-refractivity contribution in [3.8, 4) is 0 Å². The van der Waals surface area contributed by atoms with Gasteiger partial charge in [0.15, 0.2) is 11.6 Å². The standard InChI is InChI=1S/C25H32N6O4/c32-22-3-1-11-31(22)12-2-8-27-23(33)18-6-7-21(30-13-9-26-10-14-30)19(15-18)28-24(34)20-16-35-25(29-20)17-4-5-17/h6-7,15-17,26H,1-5,8-14H2,(H,27,33)(H,28,34). The molecule has 0 atom stereocenters. The normalized spacial score (nSPS) is 18.1. The third kappa shape index (κ3) is 5.64. The van der Waals surface area contributed by atoms with E-state index in [0.29, 0.717) is 49.0 Å². The van der Waals surface area contributed by atoms with Crippen molar-refractivity contribution >= 4 is 29.1 Å². The number of piperazine rings is 1. The van der Waals surface area contributed by atoms with Gasteiger partial charge < -0.3 is 30.2 Å². The van der Waals surface area contributed by atoms with Crippen LogP contribution in [0.25, 0.3) is 0 Å². The quantitative estimate of drug-likeness (QED) is 0.469. The number of hydrogen-bond acceptors (Lipinski definition) is 7. The summed E-state index contributed by atoms with van der Waals surface area (Å²) < 4.78 is 5.48. The molecule has 10 heteroatoms. The lowest BCUT2D eigenvalue weighted by Crippen LogP contribution is -2.43. The Morgan fingerprint density at radius 3 is 2.71 bits per heavy atom. The molecule has 3 fully saturated rings. The third-order valence-electron chi connectivity index (χ3n) is 6.71. The van der Waals surface area contributed by atoms with E-state index in [1.165, 1.54) is 6.26 Å². The van der Waals surface area contributed by atoms with E-state index in [0.717, 1.165) is 57.7 Å². The second-order valence-corrected chi connectivity index (χ2v) is 9.36. The highest BCUT2D eigenvalue weighted by Gasteiger charge is 2.29. The molecule has 3 N–H and O–H groups in total. The number of nitrogens with zero attached hydrogens (tertiary/aromatic N) is 3. The molecule has 0 unspecified atom stereocenters. The maximum atomic E-state index is 13.0. The first-order chi connectivity index (χ1) is 17.1. The summed E-state index contributed by atoms with van der Waals surface area (Å²) in [5.41, 5.74) is 2.15. The number of nitrogens with one attached hydrogen (secondary N) is 3. The number of carbonyl (C=O) groups excluding carboxylic acids is 3. The number of rotatable bonds is 9. The Hall–Kier alpha value is -3.40. The zero-order valence-electron chi connectivity index (χ0n) is 19.8. The Balaban J connectivity index is 1.26. The molecule has 186 valence electrons. The molecule has 0 bridgehead atoms. The summed E-state index contributed by atoms with van der Waals surface area (Å²) in [5, 5.41) is 9.22. The fourth-order valence-electron chi connectivity index (χ4n) is 4.57. The van der Waals surface area contributed by atoms with E-state index in [4.69, 9.17) is 4.42 Å². The van der Waals surface area contributed by atoms with Crippen LogP contribution in [-0.2, 0) is 4.79 Å². The van der Waals surface area contributed by atoms with Crippen LogP contribution in [0.15, 0.2) is 28.9 Å². The highest BCUT2D eigenvalue weighted by atomic mass is 16.3. The van der Waals surface area contributed by atoms with Crippen molar-refractivity contribution in [1.82, 2.24) is 20.5 Å². The molecule has 0 radical (unpaired) electrons. The number of aromatic nitrogens is 1.